The van der Waals surface area contributed by atoms with Crippen molar-refractivity contribution in [3.8, 4) is 84.4 Å². The van der Waals surface area contributed by atoms with E-state index in [2.05, 4.69) is 0 Å². The van der Waals surface area contributed by atoms with E-state index in [1.54, 1.807) is 0 Å². The first-order valence-corrected chi connectivity index (χ1v) is 23.7. The van der Waals surface area contributed by atoms with Crippen LogP contribution in [-0.2, 0) is 32.1 Å². The summed E-state index contributed by atoms with van der Waals surface area (Å²) in [5, 5.41) is 62.5. The van der Waals surface area contributed by atoms with E-state index in [-0.39, 0.29) is 60.9 Å². The van der Waals surface area contributed by atoms with Gasteiger partial charge in [-0.25, -0.2) is 0 Å². The second-order valence-electron chi connectivity index (χ2n) is 18.4. The van der Waals surface area contributed by atoms with Crippen molar-refractivity contribution < 1.29 is 25.5 Å². The predicted octanol–water partition coefficient (Wildman–Crippen LogP) is 14.8. The van der Waals surface area contributed by atoms with Gasteiger partial charge in [0.25, 0.3) is 0 Å². The van der Waals surface area contributed by atoms with Crippen LogP contribution in [0.15, 0.2) is 212 Å². The Labute approximate surface area is 408 Å². The van der Waals surface area contributed by atoms with Gasteiger partial charge in [-0.1, -0.05) is 152 Å². The highest BCUT2D eigenvalue weighted by Crippen LogP contribution is 2.44. The molecule has 5 nitrogen and oxygen atoms in total. The van der Waals surface area contributed by atoms with Gasteiger partial charge < -0.3 is 25.5 Å². The fraction of sp³-hybridized carbons (Fsp3) is 0.0769. The van der Waals surface area contributed by atoms with Crippen LogP contribution in [0.4, 0.5) is 0 Å². The minimum absolute atomic E-state index is 0.0712. The largest absolute Gasteiger partial charge is 0.507 e. The average Bonchev–Trinajstić information content (AvgIpc) is 3.40. The molecule has 0 amide bonds. The highest BCUT2D eigenvalue weighted by atomic mass is 16.3. The summed E-state index contributed by atoms with van der Waals surface area (Å²) in [5.74, 6) is 0.356. The summed E-state index contributed by atoms with van der Waals surface area (Å²) < 4.78 is 0. The fourth-order valence-corrected chi connectivity index (χ4v) is 10.2. The highest BCUT2D eigenvalue weighted by Gasteiger charge is 2.24. The van der Waals surface area contributed by atoms with Crippen molar-refractivity contribution in [1.82, 2.24) is 0 Å². The molecular weight excluding hydrogens is 861 g/mol. The molecule has 10 bridgehead atoms. The molecule has 10 aromatic rings. The van der Waals surface area contributed by atoms with Gasteiger partial charge in [-0.2, -0.15) is 0 Å². The van der Waals surface area contributed by atoms with Crippen molar-refractivity contribution in [1.29, 1.82) is 0 Å². The molecule has 0 unspecified atom stereocenters. The van der Waals surface area contributed by atoms with Crippen LogP contribution in [0.25, 0.3) is 55.6 Å². The van der Waals surface area contributed by atoms with Crippen LogP contribution in [0.1, 0.15) is 55.6 Å². The molecule has 0 saturated carbocycles. The number of rotatable bonds is 5. The lowest BCUT2D eigenvalue weighted by Gasteiger charge is -2.20. The van der Waals surface area contributed by atoms with Crippen LogP contribution in [0.3, 0.4) is 0 Å². The summed E-state index contributed by atoms with van der Waals surface area (Å²) >= 11 is 0. The number of aromatic hydroxyl groups is 5. The minimum atomic E-state index is 0.0712. The summed E-state index contributed by atoms with van der Waals surface area (Å²) in [6.45, 7) is 0. The zero-order valence-corrected chi connectivity index (χ0v) is 38.5. The number of phenols is 5. The summed E-state index contributed by atoms with van der Waals surface area (Å²) in [6, 6.07) is 70.0. The molecule has 5 N–H and O–H groups in total. The standard InChI is InChI=1S/C65H50O5/c66-61-51-26-46(41-16-6-1-7-17-41)27-52(61)37-54-29-48(43-20-10-3-11-21-43)31-56(63(54)68)39-58-33-50(45-24-14-5-15-25-45)35-60(65(58)70)40-59-34-49(44-22-12-4-13-23-44)32-57(64(59)69)38-55-30-47(28-53(36-51)62(55)67)42-18-8-2-9-19-42/h1-35,66-70H,36-40H2. The van der Waals surface area contributed by atoms with Crippen molar-refractivity contribution in [3.05, 3.63) is 268 Å². The van der Waals surface area contributed by atoms with E-state index in [0.29, 0.717) is 55.6 Å². The van der Waals surface area contributed by atoms with Crippen LogP contribution in [0, 0.1) is 0 Å². The van der Waals surface area contributed by atoms with E-state index >= 15 is 0 Å². The first-order valence-electron chi connectivity index (χ1n) is 23.7. The fourth-order valence-electron chi connectivity index (χ4n) is 10.2. The smallest absolute Gasteiger partial charge is 0.122 e. The number of fused-ring (bicyclic) bond motifs is 10. The van der Waals surface area contributed by atoms with E-state index in [0.717, 1.165) is 55.6 Å². The summed E-state index contributed by atoms with van der Waals surface area (Å²) in [4.78, 5) is 0. The Morgan fingerprint density at radius 2 is 0.300 bits per heavy atom. The molecule has 0 saturated heterocycles. The first kappa shape index (κ1) is 43.8. The zero-order chi connectivity index (χ0) is 47.7. The summed E-state index contributed by atoms with van der Waals surface area (Å²) in [5.41, 5.74) is 15.3. The van der Waals surface area contributed by atoms with Gasteiger partial charge in [-0.05, 0) is 172 Å². The molecule has 0 heterocycles. The maximum Gasteiger partial charge on any atom is 0.122 e. The molecule has 0 aliphatic heterocycles. The maximum absolute atomic E-state index is 12.5. The average molecular weight is 911 g/mol. The normalized spacial score (nSPS) is 12.3. The molecule has 5 heteroatoms. The Bertz CT molecular complexity index is 2870. The summed E-state index contributed by atoms with van der Waals surface area (Å²) in [7, 11) is 0. The molecule has 1 aliphatic carbocycles. The quantitative estimate of drug-likeness (QED) is 0.118. The molecule has 0 radical (unpaired) electrons. The first-order chi connectivity index (χ1) is 34.2. The van der Waals surface area contributed by atoms with E-state index in [1.807, 2.05) is 212 Å². The molecule has 0 spiro atoms. The van der Waals surface area contributed by atoms with Gasteiger partial charge in [0.05, 0.1) is 0 Å². The van der Waals surface area contributed by atoms with Gasteiger partial charge in [0.15, 0.2) is 0 Å². The number of hydrogen-bond donors (Lipinski definition) is 5. The molecule has 0 fully saturated rings. The molecule has 0 aromatic heterocycles. The van der Waals surface area contributed by atoms with Gasteiger partial charge in [-0.3, -0.25) is 0 Å². The third kappa shape index (κ3) is 8.77. The lowest BCUT2D eigenvalue weighted by Crippen LogP contribution is -2.03. The lowest BCUT2D eigenvalue weighted by molar-refractivity contribution is 0.451. The van der Waals surface area contributed by atoms with Crippen LogP contribution >= 0.6 is 0 Å². The van der Waals surface area contributed by atoms with E-state index in [9.17, 15) is 25.5 Å². The maximum atomic E-state index is 12.5. The highest BCUT2D eigenvalue weighted by molar-refractivity contribution is 5.75. The van der Waals surface area contributed by atoms with Crippen molar-refractivity contribution in [2.75, 3.05) is 0 Å². The van der Waals surface area contributed by atoms with Crippen molar-refractivity contribution in [2.45, 2.75) is 32.1 Å². The molecular formula is C65H50O5. The third-order valence-electron chi connectivity index (χ3n) is 13.8. The van der Waals surface area contributed by atoms with Gasteiger partial charge in [-0.15, -0.1) is 0 Å². The van der Waals surface area contributed by atoms with Crippen molar-refractivity contribution in [3.63, 3.8) is 0 Å². The van der Waals surface area contributed by atoms with Gasteiger partial charge in [0.2, 0.25) is 0 Å². The molecule has 0 atom stereocenters. The molecule has 11 rings (SSSR count). The monoisotopic (exact) mass is 910 g/mol. The van der Waals surface area contributed by atoms with E-state index < -0.39 is 0 Å². The van der Waals surface area contributed by atoms with Gasteiger partial charge >= 0.3 is 0 Å². The third-order valence-corrected chi connectivity index (χ3v) is 13.8. The molecule has 70 heavy (non-hydrogen) atoms. The van der Waals surface area contributed by atoms with E-state index in [4.69, 9.17) is 0 Å². The Morgan fingerprint density at radius 3 is 0.429 bits per heavy atom. The van der Waals surface area contributed by atoms with Crippen LogP contribution in [-0.4, -0.2) is 25.5 Å². The SMILES string of the molecule is Oc1c2cc(-c3ccccc3)cc1Cc1cc(-c3ccccc3)cc(c1O)Cc1cc(-c3ccccc3)cc(c1O)Cc1cc(-c3ccccc3)cc(c1O)Cc1cc(-c3ccccc3)cc(c1O)C2. The molecule has 10 aromatic carbocycles. The molecule has 1 aliphatic rings. The van der Waals surface area contributed by atoms with Crippen LogP contribution in [0.2, 0.25) is 0 Å². The minimum Gasteiger partial charge on any atom is -0.507 e. The Morgan fingerprint density at radius 1 is 0.171 bits per heavy atom. The van der Waals surface area contributed by atoms with Gasteiger partial charge in [0.1, 0.15) is 28.7 Å². The summed E-state index contributed by atoms with van der Waals surface area (Å²) in [6.07, 6.45) is 0.969. The topological polar surface area (TPSA) is 101 Å². The Hall–Kier alpha value is -8.80. The van der Waals surface area contributed by atoms with Crippen LogP contribution in [0.5, 0.6) is 28.7 Å². The zero-order valence-electron chi connectivity index (χ0n) is 38.5. The van der Waals surface area contributed by atoms with Crippen molar-refractivity contribution in [2.24, 2.45) is 0 Å². The predicted molar refractivity (Wildman–Crippen MR) is 282 cm³/mol. The van der Waals surface area contributed by atoms with E-state index in [1.165, 1.54) is 0 Å². The number of benzene rings is 10. The second kappa shape index (κ2) is 18.7. The Kier molecular flexibility index (Phi) is 11.7. The van der Waals surface area contributed by atoms with Crippen molar-refractivity contribution >= 4 is 0 Å². The second-order valence-corrected chi connectivity index (χ2v) is 18.4. The molecule has 340 valence electrons. The van der Waals surface area contributed by atoms with Crippen LogP contribution < -0.4 is 0 Å². The Balaban J connectivity index is 1.20. The number of phenolic OH excluding ortho intramolecular Hbond substituents is 5. The lowest BCUT2D eigenvalue weighted by atomic mass is 9.86. The number of hydrogen-bond acceptors (Lipinski definition) is 5. The van der Waals surface area contributed by atoms with Gasteiger partial charge in [0, 0.05) is 32.1 Å².